The minimum absolute atomic E-state index is 0.113. The van der Waals surface area contributed by atoms with Gasteiger partial charge in [0, 0.05) is 43.4 Å². The zero-order chi connectivity index (χ0) is 21.7. The van der Waals surface area contributed by atoms with Crippen molar-refractivity contribution >= 4 is 17.4 Å². The van der Waals surface area contributed by atoms with Crippen molar-refractivity contribution < 1.29 is 9.53 Å². The fraction of sp³-hybridized carbons (Fsp3) is 0.636. The van der Waals surface area contributed by atoms with E-state index in [1.807, 2.05) is 45.6 Å². The van der Waals surface area contributed by atoms with Gasteiger partial charge < -0.3 is 9.64 Å². The number of amides is 1. The van der Waals surface area contributed by atoms with Gasteiger partial charge in [-0.1, -0.05) is 0 Å². The van der Waals surface area contributed by atoms with E-state index in [1.165, 1.54) is 0 Å². The van der Waals surface area contributed by atoms with Crippen LogP contribution < -0.4 is 0 Å². The molecule has 1 atom stereocenters. The Labute approximate surface area is 183 Å². The van der Waals surface area contributed by atoms with E-state index in [4.69, 9.17) is 9.72 Å². The number of nitrogens with zero attached hydrogens (tertiary/aromatic N) is 5. The summed E-state index contributed by atoms with van der Waals surface area (Å²) in [4.78, 5) is 30.3. The third kappa shape index (κ3) is 6.47. The van der Waals surface area contributed by atoms with Crippen molar-refractivity contribution in [1.29, 1.82) is 0 Å². The van der Waals surface area contributed by atoms with Crippen LogP contribution >= 0.6 is 11.3 Å². The van der Waals surface area contributed by atoms with Crippen molar-refractivity contribution in [2.45, 2.75) is 65.6 Å². The molecule has 0 aliphatic carbocycles. The van der Waals surface area contributed by atoms with E-state index in [2.05, 4.69) is 20.2 Å². The first kappa shape index (κ1) is 22.6. The number of carbonyl (C=O) groups excluding carboxylic acids is 1. The molecule has 0 spiro atoms. The molecule has 2 aromatic rings. The number of piperidine rings is 1. The summed E-state index contributed by atoms with van der Waals surface area (Å²) < 4.78 is 5.62. The van der Waals surface area contributed by atoms with Crippen molar-refractivity contribution in [2.75, 3.05) is 19.6 Å². The quantitative estimate of drug-likeness (QED) is 0.673. The molecule has 0 saturated carbocycles. The summed E-state index contributed by atoms with van der Waals surface area (Å²) in [6, 6.07) is 1.92. The van der Waals surface area contributed by atoms with E-state index in [0.29, 0.717) is 11.7 Å². The molecule has 0 bridgehead atoms. The highest BCUT2D eigenvalue weighted by atomic mass is 32.1. The molecular formula is C22H33N5O2S. The molecule has 2 aromatic heterocycles. The molecule has 3 rings (SSSR count). The third-order valence-electron chi connectivity index (χ3n) is 5.00. The molecule has 1 aliphatic rings. The zero-order valence-corrected chi connectivity index (χ0v) is 19.5. The molecule has 1 amide bonds. The highest BCUT2D eigenvalue weighted by Gasteiger charge is 2.29. The van der Waals surface area contributed by atoms with E-state index >= 15 is 0 Å². The highest BCUT2D eigenvalue weighted by molar-refractivity contribution is 7.13. The lowest BCUT2D eigenvalue weighted by molar-refractivity contribution is 0.0118. The van der Waals surface area contributed by atoms with Gasteiger partial charge in [0.05, 0.1) is 5.69 Å². The predicted octanol–water partition coefficient (Wildman–Crippen LogP) is 4.46. The Bertz CT molecular complexity index is 818. The number of likely N-dealkylation sites (tertiary alicyclic amines) is 1. The third-order valence-corrected chi connectivity index (χ3v) is 5.89. The summed E-state index contributed by atoms with van der Waals surface area (Å²) in [5, 5.41) is 2.95. The lowest BCUT2D eigenvalue weighted by Gasteiger charge is -2.37. The molecule has 1 unspecified atom stereocenters. The van der Waals surface area contributed by atoms with Gasteiger partial charge in [0.1, 0.15) is 5.60 Å². The standard InChI is InChI=1S/C22H33N5O2S/c1-16(2)27(21(28)29-22(3,4)5)13-17-8-6-11-26(12-17)14-18-15-30-20(25-18)19-23-9-7-10-24-19/h7,9-10,15-17H,6,8,11-14H2,1-5H3. The van der Waals surface area contributed by atoms with Gasteiger partial charge in [-0.25, -0.2) is 19.7 Å². The minimum atomic E-state index is -0.479. The number of thiazole rings is 1. The molecule has 1 saturated heterocycles. The Morgan fingerprint density at radius 3 is 2.73 bits per heavy atom. The van der Waals surface area contributed by atoms with Crippen LogP contribution in [0.5, 0.6) is 0 Å². The number of carbonyl (C=O) groups is 1. The Morgan fingerprint density at radius 1 is 1.33 bits per heavy atom. The normalized spacial score (nSPS) is 17.9. The van der Waals surface area contributed by atoms with E-state index in [0.717, 1.165) is 49.7 Å². The summed E-state index contributed by atoms with van der Waals surface area (Å²) in [5.41, 5.74) is 0.573. The van der Waals surface area contributed by atoms with Gasteiger partial charge in [0.2, 0.25) is 0 Å². The Balaban J connectivity index is 1.58. The molecule has 0 aromatic carbocycles. The first-order valence-corrected chi connectivity index (χ1v) is 11.5. The van der Waals surface area contributed by atoms with Gasteiger partial charge in [-0.2, -0.15) is 0 Å². The van der Waals surface area contributed by atoms with Crippen LogP contribution in [0.3, 0.4) is 0 Å². The number of hydrogen-bond donors (Lipinski definition) is 0. The second kappa shape index (κ2) is 9.83. The molecule has 3 heterocycles. The molecular weight excluding hydrogens is 398 g/mol. The second-order valence-electron chi connectivity index (χ2n) is 9.19. The molecule has 30 heavy (non-hydrogen) atoms. The smallest absolute Gasteiger partial charge is 0.410 e. The lowest BCUT2D eigenvalue weighted by atomic mass is 9.97. The summed E-state index contributed by atoms with van der Waals surface area (Å²) in [6.45, 7) is 13.4. The van der Waals surface area contributed by atoms with Crippen LogP contribution in [-0.2, 0) is 11.3 Å². The van der Waals surface area contributed by atoms with Crippen LogP contribution in [0.4, 0.5) is 4.79 Å². The van der Waals surface area contributed by atoms with E-state index < -0.39 is 5.60 Å². The maximum atomic E-state index is 12.7. The Kier molecular flexibility index (Phi) is 7.41. The number of aromatic nitrogens is 3. The predicted molar refractivity (Wildman–Crippen MR) is 119 cm³/mol. The Hall–Kier alpha value is -2.06. The first-order chi connectivity index (χ1) is 14.2. The van der Waals surface area contributed by atoms with Crippen molar-refractivity contribution in [2.24, 2.45) is 5.92 Å². The monoisotopic (exact) mass is 431 g/mol. The molecule has 8 heteroatoms. The van der Waals surface area contributed by atoms with Crippen LogP contribution in [0.25, 0.3) is 10.8 Å². The summed E-state index contributed by atoms with van der Waals surface area (Å²) in [7, 11) is 0. The minimum Gasteiger partial charge on any atom is -0.444 e. The van der Waals surface area contributed by atoms with E-state index in [-0.39, 0.29) is 12.1 Å². The van der Waals surface area contributed by atoms with Crippen molar-refractivity contribution in [3.05, 3.63) is 29.5 Å². The van der Waals surface area contributed by atoms with Crippen LogP contribution in [0.2, 0.25) is 0 Å². The fourth-order valence-corrected chi connectivity index (χ4v) is 4.42. The largest absolute Gasteiger partial charge is 0.444 e. The van der Waals surface area contributed by atoms with Crippen molar-refractivity contribution in [1.82, 2.24) is 24.8 Å². The van der Waals surface area contributed by atoms with Gasteiger partial charge in [-0.05, 0) is 66.0 Å². The van der Waals surface area contributed by atoms with Crippen LogP contribution in [0.15, 0.2) is 23.8 Å². The average Bonchev–Trinajstić information content (AvgIpc) is 3.14. The van der Waals surface area contributed by atoms with E-state index in [9.17, 15) is 4.79 Å². The Morgan fingerprint density at radius 2 is 2.07 bits per heavy atom. The summed E-state index contributed by atoms with van der Waals surface area (Å²) in [6.07, 6.45) is 5.52. The van der Waals surface area contributed by atoms with Gasteiger partial charge in [0.15, 0.2) is 10.8 Å². The van der Waals surface area contributed by atoms with Crippen LogP contribution in [0, 0.1) is 5.92 Å². The van der Waals surface area contributed by atoms with Crippen molar-refractivity contribution in [3.63, 3.8) is 0 Å². The molecule has 7 nitrogen and oxygen atoms in total. The molecule has 0 radical (unpaired) electrons. The summed E-state index contributed by atoms with van der Waals surface area (Å²) in [5.74, 6) is 1.11. The van der Waals surface area contributed by atoms with Gasteiger partial charge in [0.25, 0.3) is 0 Å². The van der Waals surface area contributed by atoms with Crippen LogP contribution in [0.1, 0.15) is 53.2 Å². The maximum Gasteiger partial charge on any atom is 0.410 e. The van der Waals surface area contributed by atoms with Gasteiger partial charge >= 0.3 is 6.09 Å². The summed E-state index contributed by atoms with van der Waals surface area (Å²) >= 11 is 1.58. The SMILES string of the molecule is CC(C)N(CC1CCCN(Cc2csc(-c3ncccn3)n2)C1)C(=O)OC(C)(C)C. The fourth-order valence-electron chi connectivity index (χ4n) is 3.66. The van der Waals surface area contributed by atoms with Gasteiger partial charge in [-0.3, -0.25) is 4.90 Å². The van der Waals surface area contributed by atoms with E-state index in [1.54, 1.807) is 23.7 Å². The topological polar surface area (TPSA) is 71.5 Å². The first-order valence-electron chi connectivity index (χ1n) is 10.6. The number of ether oxygens (including phenoxy) is 1. The van der Waals surface area contributed by atoms with Crippen LogP contribution in [-0.4, -0.2) is 62.1 Å². The lowest BCUT2D eigenvalue weighted by Crippen LogP contribution is -2.46. The molecule has 164 valence electrons. The number of rotatable bonds is 6. The molecule has 1 aliphatic heterocycles. The van der Waals surface area contributed by atoms with Crippen molar-refractivity contribution in [3.8, 4) is 10.8 Å². The average molecular weight is 432 g/mol. The molecule has 1 fully saturated rings. The molecule has 0 N–H and O–H groups in total. The zero-order valence-electron chi connectivity index (χ0n) is 18.7. The maximum absolute atomic E-state index is 12.7. The van der Waals surface area contributed by atoms with Gasteiger partial charge in [-0.15, -0.1) is 11.3 Å². The highest BCUT2D eigenvalue weighted by Crippen LogP contribution is 2.24. The number of hydrogen-bond acceptors (Lipinski definition) is 7. The second-order valence-corrected chi connectivity index (χ2v) is 10.0.